The molecule has 0 saturated carbocycles. The van der Waals surface area contributed by atoms with Gasteiger partial charge in [-0.1, -0.05) is 13.8 Å². The van der Waals surface area contributed by atoms with Crippen LogP contribution in [0.1, 0.15) is 39.2 Å². The summed E-state index contributed by atoms with van der Waals surface area (Å²) in [7, 11) is 0. The van der Waals surface area contributed by atoms with Crippen LogP contribution in [-0.2, 0) is 10.3 Å². The van der Waals surface area contributed by atoms with E-state index in [0.717, 1.165) is 18.4 Å². The Kier molecular flexibility index (Phi) is 6.44. The molecule has 23 heavy (non-hydrogen) atoms. The van der Waals surface area contributed by atoms with Crippen LogP contribution in [0.3, 0.4) is 0 Å². The number of thiophene rings is 1. The average molecular weight is 340 g/mol. The summed E-state index contributed by atoms with van der Waals surface area (Å²) in [5.41, 5.74) is 0.0950. The topological polar surface area (TPSA) is 61.8 Å². The Morgan fingerprint density at radius 2 is 2.22 bits per heavy atom. The Hall–Kier alpha value is -1.11. The molecule has 0 radical (unpaired) electrons. The fourth-order valence-corrected chi connectivity index (χ4v) is 3.39. The van der Waals surface area contributed by atoms with Gasteiger partial charge in [0.2, 0.25) is 0 Å². The fourth-order valence-electron chi connectivity index (χ4n) is 2.61. The molecular formula is C17H28N2O3S. The van der Waals surface area contributed by atoms with Crippen molar-refractivity contribution in [3.05, 3.63) is 22.4 Å². The Labute approximate surface area is 142 Å². The van der Waals surface area contributed by atoms with Crippen molar-refractivity contribution in [1.29, 1.82) is 0 Å². The van der Waals surface area contributed by atoms with Crippen LogP contribution >= 0.6 is 11.3 Å². The van der Waals surface area contributed by atoms with Gasteiger partial charge >= 0.3 is 6.09 Å². The minimum absolute atomic E-state index is 0.206. The SMILES string of the molecule is CC(C)COC(=O)N1CCC(NCC(C)(O)c2ccsc2)CC1. The van der Waals surface area contributed by atoms with Gasteiger partial charge in [0.25, 0.3) is 0 Å². The van der Waals surface area contributed by atoms with Gasteiger partial charge in [-0.2, -0.15) is 11.3 Å². The molecule has 2 N–H and O–H groups in total. The highest BCUT2D eigenvalue weighted by molar-refractivity contribution is 7.08. The van der Waals surface area contributed by atoms with E-state index in [2.05, 4.69) is 5.32 Å². The summed E-state index contributed by atoms with van der Waals surface area (Å²) in [6, 6.07) is 2.29. The molecule has 1 aromatic heterocycles. The summed E-state index contributed by atoms with van der Waals surface area (Å²) < 4.78 is 5.27. The lowest BCUT2D eigenvalue weighted by Gasteiger charge is -2.34. The van der Waals surface area contributed by atoms with Crippen LogP contribution in [0.4, 0.5) is 4.79 Å². The van der Waals surface area contributed by atoms with Crippen LogP contribution in [0.25, 0.3) is 0 Å². The molecule has 1 amide bonds. The first-order chi connectivity index (χ1) is 10.9. The van der Waals surface area contributed by atoms with Crippen molar-refractivity contribution >= 4 is 17.4 Å². The molecule has 0 aromatic carbocycles. The first kappa shape index (κ1) is 18.2. The Morgan fingerprint density at radius 3 is 2.78 bits per heavy atom. The van der Waals surface area contributed by atoms with E-state index in [1.165, 1.54) is 0 Å². The molecule has 1 aliphatic heterocycles. The van der Waals surface area contributed by atoms with Crippen LogP contribution in [0, 0.1) is 5.92 Å². The zero-order valence-corrected chi connectivity index (χ0v) is 15.1. The van der Waals surface area contributed by atoms with E-state index < -0.39 is 5.60 Å². The summed E-state index contributed by atoms with van der Waals surface area (Å²) in [4.78, 5) is 13.7. The minimum atomic E-state index is -0.854. The molecule has 1 fully saturated rings. The third kappa shape index (κ3) is 5.48. The van der Waals surface area contributed by atoms with E-state index in [-0.39, 0.29) is 6.09 Å². The first-order valence-electron chi connectivity index (χ1n) is 8.28. The number of hydrogen-bond acceptors (Lipinski definition) is 5. The zero-order chi connectivity index (χ0) is 16.9. The van der Waals surface area contributed by atoms with Crippen molar-refractivity contribution < 1.29 is 14.6 Å². The number of piperidine rings is 1. The van der Waals surface area contributed by atoms with Gasteiger partial charge in [-0.25, -0.2) is 4.79 Å². The number of amides is 1. The maximum Gasteiger partial charge on any atom is 0.409 e. The van der Waals surface area contributed by atoms with Crippen LogP contribution in [0.2, 0.25) is 0 Å². The van der Waals surface area contributed by atoms with Crippen molar-refractivity contribution in [3.63, 3.8) is 0 Å². The predicted octanol–water partition coefficient (Wildman–Crippen LogP) is 2.80. The molecule has 6 heteroatoms. The van der Waals surface area contributed by atoms with Gasteiger partial charge in [-0.3, -0.25) is 0 Å². The van der Waals surface area contributed by atoms with Crippen molar-refractivity contribution in [2.24, 2.45) is 5.92 Å². The molecular weight excluding hydrogens is 312 g/mol. The Bertz CT molecular complexity index is 480. The second-order valence-electron chi connectivity index (χ2n) is 6.90. The van der Waals surface area contributed by atoms with E-state index in [0.29, 0.717) is 38.2 Å². The van der Waals surface area contributed by atoms with Crippen molar-refractivity contribution in [3.8, 4) is 0 Å². The number of rotatable bonds is 6. The molecule has 2 rings (SSSR count). The number of ether oxygens (including phenoxy) is 1. The smallest absolute Gasteiger partial charge is 0.409 e. The van der Waals surface area contributed by atoms with E-state index in [1.807, 2.05) is 37.6 Å². The number of likely N-dealkylation sites (tertiary alicyclic amines) is 1. The maximum absolute atomic E-state index is 11.9. The standard InChI is InChI=1S/C17H28N2O3S/c1-13(2)10-22-16(20)19-7-4-15(5-8-19)18-12-17(3,21)14-6-9-23-11-14/h6,9,11,13,15,18,21H,4-5,7-8,10,12H2,1-3H3. The molecule has 0 bridgehead atoms. The largest absolute Gasteiger partial charge is 0.449 e. The van der Waals surface area contributed by atoms with Crippen LogP contribution in [0.5, 0.6) is 0 Å². The maximum atomic E-state index is 11.9. The molecule has 1 aliphatic rings. The highest BCUT2D eigenvalue weighted by Gasteiger charge is 2.27. The quantitative estimate of drug-likeness (QED) is 0.836. The lowest BCUT2D eigenvalue weighted by atomic mass is 9.97. The molecule has 5 nitrogen and oxygen atoms in total. The normalized spacial score (nSPS) is 18.9. The van der Waals surface area contributed by atoms with Crippen LogP contribution in [0.15, 0.2) is 16.8 Å². The number of carbonyl (C=O) groups is 1. The van der Waals surface area contributed by atoms with Crippen molar-refractivity contribution in [1.82, 2.24) is 10.2 Å². The van der Waals surface area contributed by atoms with E-state index >= 15 is 0 Å². The highest BCUT2D eigenvalue weighted by Crippen LogP contribution is 2.23. The minimum Gasteiger partial charge on any atom is -0.449 e. The van der Waals surface area contributed by atoms with Gasteiger partial charge in [0.05, 0.1) is 12.2 Å². The third-order valence-electron chi connectivity index (χ3n) is 4.17. The zero-order valence-electron chi connectivity index (χ0n) is 14.2. The number of hydrogen-bond donors (Lipinski definition) is 2. The molecule has 0 spiro atoms. The molecule has 1 atom stereocenters. The summed E-state index contributed by atoms with van der Waals surface area (Å²) in [6.07, 6.45) is 1.56. The summed E-state index contributed by atoms with van der Waals surface area (Å²) in [5.74, 6) is 0.359. The highest BCUT2D eigenvalue weighted by atomic mass is 32.1. The fraction of sp³-hybridized carbons (Fsp3) is 0.706. The number of nitrogens with one attached hydrogen (secondary N) is 1. The molecule has 130 valence electrons. The molecule has 0 aliphatic carbocycles. The molecule has 1 saturated heterocycles. The predicted molar refractivity (Wildman–Crippen MR) is 92.7 cm³/mol. The van der Waals surface area contributed by atoms with Crippen molar-refractivity contribution in [2.45, 2.75) is 45.3 Å². The number of aliphatic hydroxyl groups is 1. The number of nitrogens with zero attached hydrogens (tertiary/aromatic N) is 1. The first-order valence-corrected chi connectivity index (χ1v) is 9.23. The average Bonchev–Trinajstić information content (AvgIpc) is 3.06. The van der Waals surface area contributed by atoms with Gasteiger partial charge in [0.1, 0.15) is 0 Å². The van der Waals surface area contributed by atoms with Gasteiger partial charge in [0.15, 0.2) is 0 Å². The Balaban J connectivity index is 1.71. The van der Waals surface area contributed by atoms with Crippen LogP contribution in [-0.4, -0.2) is 48.4 Å². The second kappa shape index (κ2) is 8.13. The van der Waals surface area contributed by atoms with Gasteiger partial charge in [-0.15, -0.1) is 0 Å². The van der Waals surface area contributed by atoms with Gasteiger partial charge in [-0.05, 0) is 48.1 Å². The monoisotopic (exact) mass is 340 g/mol. The molecule has 1 unspecified atom stereocenters. The summed E-state index contributed by atoms with van der Waals surface area (Å²) in [6.45, 7) is 8.29. The molecule has 1 aromatic rings. The lowest BCUT2D eigenvalue weighted by Crippen LogP contribution is -2.48. The van der Waals surface area contributed by atoms with Crippen molar-refractivity contribution in [2.75, 3.05) is 26.2 Å². The van der Waals surface area contributed by atoms with Crippen LogP contribution < -0.4 is 5.32 Å². The van der Waals surface area contributed by atoms with E-state index in [9.17, 15) is 9.90 Å². The third-order valence-corrected chi connectivity index (χ3v) is 4.85. The lowest BCUT2D eigenvalue weighted by molar-refractivity contribution is 0.0482. The Morgan fingerprint density at radius 1 is 1.52 bits per heavy atom. The second-order valence-corrected chi connectivity index (χ2v) is 7.68. The number of carbonyl (C=O) groups excluding carboxylic acids is 1. The summed E-state index contributed by atoms with van der Waals surface area (Å²) in [5, 5.41) is 17.9. The summed E-state index contributed by atoms with van der Waals surface area (Å²) >= 11 is 1.59. The van der Waals surface area contributed by atoms with E-state index in [4.69, 9.17) is 4.74 Å². The van der Waals surface area contributed by atoms with E-state index in [1.54, 1.807) is 16.2 Å². The van der Waals surface area contributed by atoms with Gasteiger partial charge < -0.3 is 20.1 Å². The molecule has 2 heterocycles. The van der Waals surface area contributed by atoms with Gasteiger partial charge in [0, 0.05) is 25.7 Å².